The SMILES string of the molecule is C[C@]1(c2ccc3c(c2)OCO3)NC(=O)N(CC(=O)Nc2ccccc2Cc2ccccc2)C1=O. The normalized spacial score (nSPS) is 18.7. The average molecular weight is 457 g/mol. The van der Waals surface area contributed by atoms with Crippen LogP contribution in [0, 0.1) is 0 Å². The minimum absolute atomic E-state index is 0.105. The van der Waals surface area contributed by atoms with E-state index in [9.17, 15) is 14.4 Å². The number of imide groups is 1. The number of amides is 4. The van der Waals surface area contributed by atoms with E-state index >= 15 is 0 Å². The summed E-state index contributed by atoms with van der Waals surface area (Å²) in [5, 5.41) is 5.56. The van der Waals surface area contributed by atoms with Crippen LogP contribution in [0.15, 0.2) is 72.8 Å². The Morgan fingerprint density at radius 3 is 2.56 bits per heavy atom. The molecule has 0 spiro atoms. The number of carbonyl (C=O) groups is 3. The first-order valence-electron chi connectivity index (χ1n) is 10.9. The van der Waals surface area contributed by atoms with Crippen molar-refractivity contribution in [2.24, 2.45) is 0 Å². The first-order chi connectivity index (χ1) is 16.4. The molecule has 172 valence electrons. The van der Waals surface area contributed by atoms with E-state index < -0.39 is 29.9 Å². The molecule has 8 nitrogen and oxygen atoms in total. The molecule has 34 heavy (non-hydrogen) atoms. The van der Waals surface area contributed by atoms with E-state index in [0.717, 1.165) is 16.0 Å². The molecule has 1 saturated heterocycles. The van der Waals surface area contributed by atoms with Crippen LogP contribution in [0.2, 0.25) is 0 Å². The van der Waals surface area contributed by atoms with Gasteiger partial charge in [0.05, 0.1) is 0 Å². The van der Waals surface area contributed by atoms with Crippen molar-refractivity contribution in [2.75, 3.05) is 18.7 Å². The predicted octanol–water partition coefficient (Wildman–Crippen LogP) is 3.41. The van der Waals surface area contributed by atoms with Crippen molar-refractivity contribution in [2.45, 2.75) is 18.9 Å². The summed E-state index contributed by atoms with van der Waals surface area (Å²) in [5.74, 6) is 0.115. The number of urea groups is 1. The molecule has 2 aliphatic rings. The van der Waals surface area contributed by atoms with Crippen LogP contribution in [0.3, 0.4) is 0 Å². The number of benzene rings is 3. The highest BCUT2D eigenvalue weighted by Crippen LogP contribution is 2.37. The second-order valence-corrected chi connectivity index (χ2v) is 8.38. The zero-order valence-corrected chi connectivity index (χ0v) is 18.5. The molecule has 5 rings (SSSR count). The number of carbonyl (C=O) groups excluding carboxylic acids is 3. The van der Waals surface area contributed by atoms with Gasteiger partial charge in [0.2, 0.25) is 12.7 Å². The Kier molecular flexibility index (Phi) is 5.41. The monoisotopic (exact) mass is 457 g/mol. The van der Waals surface area contributed by atoms with Gasteiger partial charge in [0.15, 0.2) is 11.5 Å². The lowest BCUT2D eigenvalue weighted by atomic mass is 9.91. The number of hydrogen-bond acceptors (Lipinski definition) is 5. The molecule has 8 heteroatoms. The lowest BCUT2D eigenvalue weighted by Gasteiger charge is -2.22. The summed E-state index contributed by atoms with van der Waals surface area (Å²) in [6.07, 6.45) is 0.641. The van der Waals surface area contributed by atoms with Gasteiger partial charge in [-0.05, 0) is 48.2 Å². The minimum Gasteiger partial charge on any atom is -0.454 e. The summed E-state index contributed by atoms with van der Waals surface area (Å²) in [6, 6.07) is 21.8. The number of rotatable bonds is 6. The van der Waals surface area contributed by atoms with Gasteiger partial charge in [-0.1, -0.05) is 54.6 Å². The fourth-order valence-electron chi connectivity index (χ4n) is 4.19. The molecular weight excluding hydrogens is 434 g/mol. The van der Waals surface area contributed by atoms with Crippen LogP contribution in [0.1, 0.15) is 23.6 Å². The number of nitrogens with one attached hydrogen (secondary N) is 2. The quantitative estimate of drug-likeness (QED) is 0.553. The van der Waals surface area contributed by atoms with Crippen molar-refractivity contribution >= 4 is 23.5 Å². The highest BCUT2D eigenvalue weighted by Gasteiger charge is 2.49. The number of nitrogens with zero attached hydrogens (tertiary/aromatic N) is 1. The average Bonchev–Trinajstić information content (AvgIpc) is 3.39. The van der Waals surface area contributed by atoms with Crippen LogP contribution < -0.4 is 20.1 Å². The van der Waals surface area contributed by atoms with E-state index in [2.05, 4.69) is 10.6 Å². The summed E-state index contributed by atoms with van der Waals surface area (Å²) in [6.45, 7) is 1.32. The summed E-state index contributed by atoms with van der Waals surface area (Å²) in [7, 11) is 0. The van der Waals surface area contributed by atoms with E-state index in [4.69, 9.17) is 9.47 Å². The molecule has 3 aromatic carbocycles. The third kappa shape index (κ3) is 3.94. The molecule has 0 aromatic heterocycles. The van der Waals surface area contributed by atoms with Gasteiger partial charge in [0, 0.05) is 5.69 Å². The van der Waals surface area contributed by atoms with Crippen LogP contribution in [-0.2, 0) is 21.5 Å². The van der Waals surface area contributed by atoms with Gasteiger partial charge in [0.25, 0.3) is 5.91 Å². The maximum Gasteiger partial charge on any atom is 0.325 e. The zero-order valence-electron chi connectivity index (χ0n) is 18.5. The second-order valence-electron chi connectivity index (χ2n) is 8.38. The third-order valence-corrected chi connectivity index (χ3v) is 6.06. The van der Waals surface area contributed by atoms with Crippen molar-refractivity contribution in [1.29, 1.82) is 0 Å². The molecular formula is C26H23N3O5. The first-order valence-corrected chi connectivity index (χ1v) is 10.9. The van der Waals surface area contributed by atoms with Crippen molar-refractivity contribution in [3.8, 4) is 11.5 Å². The number of para-hydroxylation sites is 1. The Balaban J connectivity index is 1.30. The van der Waals surface area contributed by atoms with E-state index in [1.807, 2.05) is 48.5 Å². The molecule has 0 unspecified atom stereocenters. The molecule has 4 amide bonds. The molecule has 2 aliphatic heterocycles. The van der Waals surface area contributed by atoms with Gasteiger partial charge in [-0.3, -0.25) is 14.5 Å². The summed E-state index contributed by atoms with van der Waals surface area (Å²) >= 11 is 0. The Hall–Kier alpha value is -4.33. The van der Waals surface area contributed by atoms with E-state index in [1.165, 1.54) is 0 Å². The zero-order chi connectivity index (χ0) is 23.7. The van der Waals surface area contributed by atoms with E-state index in [0.29, 0.717) is 29.2 Å². The van der Waals surface area contributed by atoms with E-state index in [-0.39, 0.29) is 6.79 Å². The first kappa shape index (κ1) is 21.5. The number of anilines is 1. The highest BCUT2D eigenvalue weighted by atomic mass is 16.7. The van der Waals surface area contributed by atoms with Crippen LogP contribution in [0.5, 0.6) is 11.5 Å². The second kappa shape index (κ2) is 8.55. The topological polar surface area (TPSA) is 97.0 Å². The summed E-state index contributed by atoms with van der Waals surface area (Å²) in [4.78, 5) is 39.7. The number of fused-ring (bicyclic) bond motifs is 1. The summed E-state index contributed by atoms with van der Waals surface area (Å²) in [5.41, 5.74) is 1.92. The van der Waals surface area contributed by atoms with Crippen molar-refractivity contribution < 1.29 is 23.9 Å². The van der Waals surface area contributed by atoms with Crippen LogP contribution in [0.4, 0.5) is 10.5 Å². The van der Waals surface area contributed by atoms with Gasteiger partial charge < -0.3 is 20.1 Å². The van der Waals surface area contributed by atoms with Crippen molar-refractivity contribution in [3.63, 3.8) is 0 Å². The fraction of sp³-hybridized carbons (Fsp3) is 0.192. The standard InChI is InChI=1S/C26H23N3O5/c1-26(19-11-12-21-22(14-19)34-16-33-21)24(31)29(25(32)28-26)15-23(30)27-20-10-6-5-9-18(20)13-17-7-3-2-4-8-17/h2-12,14H,13,15-16H2,1H3,(H,27,30)(H,28,32)/t26-/m1/s1. The maximum atomic E-state index is 13.2. The molecule has 0 aliphatic carbocycles. The van der Waals surface area contributed by atoms with Crippen LogP contribution in [-0.4, -0.2) is 36.1 Å². The lowest BCUT2D eigenvalue weighted by molar-refractivity contribution is -0.133. The lowest BCUT2D eigenvalue weighted by Crippen LogP contribution is -2.42. The third-order valence-electron chi connectivity index (χ3n) is 6.06. The Bertz CT molecular complexity index is 1280. The molecule has 1 atom stereocenters. The molecule has 1 fully saturated rings. The molecule has 2 N–H and O–H groups in total. The van der Waals surface area contributed by atoms with Gasteiger partial charge in [-0.2, -0.15) is 0 Å². The smallest absolute Gasteiger partial charge is 0.325 e. The Labute approximate surface area is 196 Å². The van der Waals surface area contributed by atoms with Gasteiger partial charge in [-0.15, -0.1) is 0 Å². The number of ether oxygens (including phenoxy) is 2. The van der Waals surface area contributed by atoms with E-state index in [1.54, 1.807) is 31.2 Å². The largest absolute Gasteiger partial charge is 0.454 e. The molecule has 2 heterocycles. The van der Waals surface area contributed by atoms with Crippen molar-refractivity contribution in [1.82, 2.24) is 10.2 Å². The van der Waals surface area contributed by atoms with Crippen molar-refractivity contribution in [3.05, 3.63) is 89.5 Å². The predicted molar refractivity (Wildman–Crippen MR) is 124 cm³/mol. The Morgan fingerprint density at radius 1 is 1.00 bits per heavy atom. The minimum atomic E-state index is -1.32. The maximum absolute atomic E-state index is 13.2. The number of hydrogen-bond donors (Lipinski definition) is 2. The van der Waals surface area contributed by atoms with Crippen LogP contribution >= 0.6 is 0 Å². The Morgan fingerprint density at radius 2 is 1.74 bits per heavy atom. The molecule has 0 saturated carbocycles. The van der Waals surface area contributed by atoms with Gasteiger partial charge in [0.1, 0.15) is 12.1 Å². The molecule has 0 radical (unpaired) electrons. The van der Waals surface area contributed by atoms with Gasteiger partial charge >= 0.3 is 6.03 Å². The summed E-state index contributed by atoms with van der Waals surface area (Å²) < 4.78 is 10.7. The highest BCUT2D eigenvalue weighted by molar-refractivity contribution is 6.10. The molecule has 3 aromatic rings. The van der Waals surface area contributed by atoms with Crippen LogP contribution in [0.25, 0.3) is 0 Å². The fourth-order valence-corrected chi connectivity index (χ4v) is 4.19. The van der Waals surface area contributed by atoms with Gasteiger partial charge in [-0.25, -0.2) is 4.79 Å². The molecule has 0 bridgehead atoms.